The maximum absolute atomic E-state index is 5.74. The first-order chi connectivity index (χ1) is 7.64. The lowest BCUT2D eigenvalue weighted by atomic mass is 9.64. The van der Waals surface area contributed by atoms with Crippen molar-refractivity contribution in [2.24, 2.45) is 11.3 Å². The van der Waals surface area contributed by atoms with Crippen molar-refractivity contribution in [3.63, 3.8) is 0 Å². The van der Waals surface area contributed by atoms with E-state index in [1.165, 1.54) is 32.5 Å². The molecule has 1 aliphatic carbocycles. The van der Waals surface area contributed by atoms with E-state index in [1.807, 2.05) is 0 Å². The van der Waals surface area contributed by atoms with Gasteiger partial charge in [-0.05, 0) is 45.3 Å². The second kappa shape index (κ2) is 5.03. The van der Waals surface area contributed by atoms with E-state index in [0.29, 0.717) is 17.6 Å². The van der Waals surface area contributed by atoms with Crippen molar-refractivity contribution in [2.75, 3.05) is 26.2 Å². The van der Waals surface area contributed by atoms with Crippen molar-refractivity contribution in [1.82, 2.24) is 10.6 Å². The van der Waals surface area contributed by atoms with Gasteiger partial charge in [-0.25, -0.2) is 0 Å². The molecule has 2 aliphatic rings. The molecule has 0 aromatic carbocycles. The first-order valence-corrected chi connectivity index (χ1v) is 6.70. The van der Waals surface area contributed by atoms with E-state index in [1.54, 1.807) is 0 Å². The van der Waals surface area contributed by atoms with E-state index in [0.717, 1.165) is 12.5 Å². The van der Waals surface area contributed by atoms with E-state index in [-0.39, 0.29) is 0 Å². The van der Waals surface area contributed by atoms with Crippen molar-refractivity contribution in [2.45, 2.75) is 45.8 Å². The van der Waals surface area contributed by atoms with E-state index >= 15 is 0 Å². The highest BCUT2D eigenvalue weighted by molar-refractivity contribution is 5.03. The van der Waals surface area contributed by atoms with Crippen LogP contribution in [0.4, 0.5) is 0 Å². The molecule has 3 heteroatoms. The van der Waals surface area contributed by atoms with Crippen LogP contribution >= 0.6 is 0 Å². The molecule has 0 bridgehead atoms. The van der Waals surface area contributed by atoms with E-state index in [2.05, 4.69) is 31.4 Å². The number of hydrogen-bond donors (Lipinski definition) is 2. The molecule has 2 N–H and O–H groups in total. The van der Waals surface area contributed by atoms with Crippen LogP contribution < -0.4 is 10.6 Å². The SMILES string of the molecule is CCOC1CC(NCC2CCNC2)C1(C)C. The molecule has 1 heterocycles. The largest absolute Gasteiger partial charge is 0.378 e. The Morgan fingerprint density at radius 2 is 2.25 bits per heavy atom. The van der Waals surface area contributed by atoms with Crippen molar-refractivity contribution in [3.05, 3.63) is 0 Å². The van der Waals surface area contributed by atoms with Gasteiger partial charge in [-0.3, -0.25) is 0 Å². The van der Waals surface area contributed by atoms with Gasteiger partial charge >= 0.3 is 0 Å². The van der Waals surface area contributed by atoms with Gasteiger partial charge < -0.3 is 15.4 Å². The molecule has 94 valence electrons. The Bertz CT molecular complexity index is 224. The Morgan fingerprint density at radius 3 is 2.81 bits per heavy atom. The second-order valence-corrected chi connectivity index (χ2v) is 5.82. The summed E-state index contributed by atoms with van der Waals surface area (Å²) in [5.74, 6) is 0.835. The fourth-order valence-corrected chi connectivity index (χ4v) is 2.91. The lowest BCUT2D eigenvalue weighted by Crippen LogP contribution is -2.61. The Kier molecular flexibility index (Phi) is 3.88. The van der Waals surface area contributed by atoms with E-state index < -0.39 is 0 Å². The summed E-state index contributed by atoms with van der Waals surface area (Å²) in [5.41, 5.74) is 0.308. The zero-order chi connectivity index (χ0) is 11.6. The highest BCUT2D eigenvalue weighted by atomic mass is 16.5. The third-order valence-electron chi connectivity index (χ3n) is 4.36. The van der Waals surface area contributed by atoms with Crippen molar-refractivity contribution < 1.29 is 4.74 Å². The van der Waals surface area contributed by atoms with Crippen LogP contribution in [-0.2, 0) is 4.74 Å². The predicted octanol–water partition coefficient (Wildman–Crippen LogP) is 1.39. The highest BCUT2D eigenvalue weighted by Gasteiger charge is 2.48. The molecule has 3 nitrogen and oxygen atoms in total. The van der Waals surface area contributed by atoms with E-state index in [9.17, 15) is 0 Å². The number of rotatable bonds is 5. The van der Waals surface area contributed by atoms with Crippen LogP contribution in [0.1, 0.15) is 33.6 Å². The minimum atomic E-state index is 0.308. The van der Waals surface area contributed by atoms with Crippen molar-refractivity contribution >= 4 is 0 Å². The van der Waals surface area contributed by atoms with Gasteiger partial charge in [-0.2, -0.15) is 0 Å². The maximum atomic E-state index is 5.74. The van der Waals surface area contributed by atoms with Gasteiger partial charge in [0.05, 0.1) is 6.10 Å². The summed E-state index contributed by atoms with van der Waals surface area (Å²) in [6.45, 7) is 11.1. The smallest absolute Gasteiger partial charge is 0.0655 e. The molecule has 0 amide bonds. The standard InChI is InChI=1S/C13H26N2O/c1-4-16-12-7-11(13(12,2)3)15-9-10-5-6-14-8-10/h10-12,14-15H,4-9H2,1-3H3. The number of nitrogens with one attached hydrogen (secondary N) is 2. The average Bonchev–Trinajstić information content (AvgIpc) is 2.75. The summed E-state index contributed by atoms with van der Waals surface area (Å²) in [4.78, 5) is 0. The monoisotopic (exact) mass is 226 g/mol. The number of ether oxygens (including phenoxy) is 1. The fraction of sp³-hybridized carbons (Fsp3) is 1.00. The van der Waals surface area contributed by atoms with Crippen LogP contribution in [0.25, 0.3) is 0 Å². The normalized spacial score (nSPS) is 37.3. The summed E-state index contributed by atoms with van der Waals surface area (Å²) in [5, 5.41) is 7.14. The van der Waals surface area contributed by atoms with Crippen molar-refractivity contribution in [3.8, 4) is 0 Å². The van der Waals surface area contributed by atoms with Gasteiger partial charge in [0.1, 0.15) is 0 Å². The minimum absolute atomic E-state index is 0.308. The first kappa shape index (κ1) is 12.3. The average molecular weight is 226 g/mol. The topological polar surface area (TPSA) is 33.3 Å². The van der Waals surface area contributed by atoms with Crippen LogP contribution in [0.15, 0.2) is 0 Å². The molecule has 0 aromatic rings. The molecule has 1 saturated heterocycles. The number of hydrogen-bond acceptors (Lipinski definition) is 3. The van der Waals surface area contributed by atoms with Gasteiger partial charge in [-0.15, -0.1) is 0 Å². The van der Waals surface area contributed by atoms with Crippen LogP contribution in [0.2, 0.25) is 0 Å². The zero-order valence-electron chi connectivity index (χ0n) is 10.9. The molecular weight excluding hydrogens is 200 g/mol. The van der Waals surface area contributed by atoms with Crippen LogP contribution in [-0.4, -0.2) is 38.4 Å². The third-order valence-corrected chi connectivity index (χ3v) is 4.36. The lowest BCUT2D eigenvalue weighted by molar-refractivity contribution is -0.114. The highest BCUT2D eigenvalue weighted by Crippen LogP contribution is 2.42. The third kappa shape index (κ3) is 2.41. The summed E-state index contributed by atoms with van der Waals surface area (Å²) in [6, 6.07) is 0.643. The molecule has 1 aliphatic heterocycles. The molecule has 0 aromatic heterocycles. The summed E-state index contributed by atoms with van der Waals surface area (Å²) in [7, 11) is 0. The Labute approximate surface area is 99.3 Å². The molecule has 3 unspecified atom stereocenters. The first-order valence-electron chi connectivity index (χ1n) is 6.70. The summed E-state index contributed by atoms with van der Waals surface area (Å²) in [6.07, 6.45) is 2.97. The molecule has 2 fully saturated rings. The van der Waals surface area contributed by atoms with Crippen LogP contribution in [0, 0.1) is 11.3 Å². The van der Waals surface area contributed by atoms with Gasteiger partial charge in [0.25, 0.3) is 0 Å². The van der Waals surface area contributed by atoms with Gasteiger partial charge in [0, 0.05) is 18.1 Å². The molecule has 16 heavy (non-hydrogen) atoms. The van der Waals surface area contributed by atoms with Crippen LogP contribution in [0.5, 0.6) is 0 Å². The molecular formula is C13H26N2O. The zero-order valence-corrected chi connectivity index (χ0v) is 10.9. The summed E-state index contributed by atoms with van der Waals surface area (Å²) < 4.78 is 5.74. The van der Waals surface area contributed by atoms with Gasteiger partial charge in [0.2, 0.25) is 0 Å². The molecule has 3 atom stereocenters. The molecule has 0 spiro atoms. The van der Waals surface area contributed by atoms with Gasteiger partial charge in [-0.1, -0.05) is 13.8 Å². The van der Waals surface area contributed by atoms with E-state index in [4.69, 9.17) is 4.74 Å². The summed E-state index contributed by atoms with van der Waals surface area (Å²) >= 11 is 0. The Balaban J connectivity index is 1.71. The van der Waals surface area contributed by atoms with Gasteiger partial charge in [0.15, 0.2) is 0 Å². The minimum Gasteiger partial charge on any atom is -0.378 e. The van der Waals surface area contributed by atoms with Crippen molar-refractivity contribution in [1.29, 1.82) is 0 Å². The molecule has 1 saturated carbocycles. The second-order valence-electron chi connectivity index (χ2n) is 5.82. The quantitative estimate of drug-likeness (QED) is 0.743. The molecule has 0 radical (unpaired) electrons. The predicted molar refractivity (Wildman–Crippen MR) is 66.6 cm³/mol. The maximum Gasteiger partial charge on any atom is 0.0655 e. The Hall–Kier alpha value is -0.120. The van der Waals surface area contributed by atoms with Crippen LogP contribution in [0.3, 0.4) is 0 Å². The molecule has 2 rings (SSSR count). The Morgan fingerprint density at radius 1 is 1.44 bits per heavy atom. The fourth-order valence-electron chi connectivity index (χ4n) is 2.91. The lowest BCUT2D eigenvalue weighted by Gasteiger charge is -2.52.